The van der Waals surface area contributed by atoms with Gasteiger partial charge in [0.25, 0.3) is 0 Å². The first kappa shape index (κ1) is 18.8. The van der Waals surface area contributed by atoms with E-state index < -0.39 is 15.6 Å². The van der Waals surface area contributed by atoms with Gasteiger partial charge < -0.3 is 4.42 Å². The van der Waals surface area contributed by atoms with Crippen LogP contribution in [0.2, 0.25) is 0 Å². The van der Waals surface area contributed by atoms with Crippen molar-refractivity contribution in [1.82, 2.24) is 10.2 Å². The molecular formula is C21H17N3O4S. The van der Waals surface area contributed by atoms with E-state index in [1.54, 1.807) is 18.2 Å². The van der Waals surface area contributed by atoms with Crippen molar-refractivity contribution in [2.75, 3.05) is 5.32 Å². The van der Waals surface area contributed by atoms with Crippen molar-refractivity contribution < 1.29 is 17.6 Å². The molecule has 1 amide bonds. The van der Waals surface area contributed by atoms with Crippen LogP contribution >= 0.6 is 0 Å². The molecule has 0 saturated carbocycles. The van der Waals surface area contributed by atoms with Crippen molar-refractivity contribution in [2.24, 2.45) is 0 Å². The predicted octanol–water partition coefficient (Wildman–Crippen LogP) is 3.38. The fourth-order valence-electron chi connectivity index (χ4n) is 2.93. The molecule has 4 aromatic rings. The van der Waals surface area contributed by atoms with Crippen LogP contribution in [0.1, 0.15) is 11.5 Å². The van der Waals surface area contributed by atoms with Gasteiger partial charge in [0.2, 0.25) is 11.8 Å². The average Bonchev–Trinajstić information content (AvgIpc) is 3.14. The summed E-state index contributed by atoms with van der Waals surface area (Å²) in [6, 6.07) is 21.5. The lowest BCUT2D eigenvalue weighted by atomic mass is 10.1. The number of sulfone groups is 1. The van der Waals surface area contributed by atoms with Crippen LogP contribution < -0.4 is 5.32 Å². The van der Waals surface area contributed by atoms with E-state index in [0.717, 1.165) is 16.3 Å². The maximum atomic E-state index is 12.4. The number of fused-ring (bicyclic) bond motifs is 1. The number of hydrogen-bond donors (Lipinski definition) is 1. The molecule has 8 heteroatoms. The Kier molecular flexibility index (Phi) is 5.09. The van der Waals surface area contributed by atoms with Gasteiger partial charge in [-0.2, -0.15) is 0 Å². The summed E-state index contributed by atoms with van der Waals surface area (Å²) in [4.78, 5) is 12.4. The van der Waals surface area contributed by atoms with Crippen molar-refractivity contribution in [3.05, 3.63) is 84.3 Å². The number of benzene rings is 3. The summed E-state index contributed by atoms with van der Waals surface area (Å²) in [5, 5.41) is 12.1. The second kappa shape index (κ2) is 7.84. The second-order valence-corrected chi connectivity index (χ2v) is 8.47. The molecule has 0 bridgehead atoms. The second-order valence-electron chi connectivity index (χ2n) is 6.48. The number of carbonyl (C=O) groups is 1. The number of aromatic nitrogens is 2. The van der Waals surface area contributed by atoms with E-state index in [1.807, 2.05) is 42.5 Å². The molecule has 0 spiro atoms. The Hall–Kier alpha value is -3.52. The van der Waals surface area contributed by atoms with E-state index in [-0.39, 0.29) is 29.1 Å². The first-order chi connectivity index (χ1) is 14.0. The van der Waals surface area contributed by atoms with Gasteiger partial charge in [-0.15, -0.1) is 5.10 Å². The van der Waals surface area contributed by atoms with Gasteiger partial charge in [-0.25, -0.2) is 8.42 Å². The maximum absolute atomic E-state index is 12.4. The molecule has 1 aromatic heterocycles. The molecule has 0 radical (unpaired) electrons. The fraction of sp³-hybridized carbons (Fsp3) is 0.0952. The summed E-state index contributed by atoms with van der Waals surface area (Å²) in [5.41, 5.74) is 0.840. The van der Waals surface area contributed by atoms with Gasteiger partial charge in [0.1, 0.15) is 5.75 Å². The van der Waals surface area contributed by atoms with Crippen LogP contribution in [0.3, 0.4) is 0 Å². The van der Waals surface area contributed by atoms with E-state index in [0.29, 0.717) is 0 Å². The molecule has 1 N–H and O–H groups in total. The smallest absolute Gasteiger partial charge is 0.322 e. The normalized spacial score (nSPS) is 11.4. The Balaban J connectivity index is 1.41. The van der Waals surface area contributed by atoms with Crippen LogP contribution in [-0.2, 0) is 26.8 Å². The highest BCUT2D eigenvalue weighted by Crippen LogP contribution is 2.18. The fourth-order valence-corrected chi connectivity index (χ4v) is 4.11. The molecule has 0 aliphatic heterocycles. The molecule has 3 aromatic carbocycles. The monoisotopic (exact) mass is 407 g/mol. The summed E-state index contributed by atoms with van der Waals surface area (Å²) in [6.45, 7) is 0. The van der Waals surface area contributed by atoms with E-state index in [9.17, 15) is 13.2 Å². The van der Waals surface area contributed by atoms with Gasteiger partial charge >= 0.3 is 6.01 Å². The SMILES string of the molecule is O=C(Cc1ccc2ccccc2c1)Nc1nnc(CS(=O)(=O)c2ccccc2)o1. The van der Waals surface area contributed by atoms with Crippen molar-refractivity contribution in [1.29, 1.82) is 0 Å². The summed E-state index contributed by atoms with van der Waals surface area (Å²) < 4.78 is 30.0. The quantitative estimate of drug-likeness (QED) is 0.526. The van der Waals surface area contributed by atoms with Gasteiger partial charge in [0, 0.05) is 0 Å². The molecule has 0 atom stereocenters. The van der Waals surface area contributed by atoms with E-state index in [1.165, 1.54) is 12.1 Å². The van der Waals surface area contributed by atoms with Crippen LogP contribution in [0.25, 0.3) is 10.8 Å². The number of nitrogens with zero attached hydrogens (tertiary/aromatic N) is 2. The molecule has 1 heterocycles. The van der Waals surface area contributed by atoms with Gasteiger partial charge in [-0.05, 0) is 28.5 Å². The van der Waals surface area contributed by atoms with E-state index in [4.69, 9.17) is 4.42 Å². The Morgan fingerprint density at radius 1 is 0.897 bits per heavy atom. The highest BCUT2D eigenvalue weighted by atomic mass is 32.2. The highest BCUT2D eigenvalue weighted by molar-refractivity contribution is 7.90. The Bertz CT molecular complexity index is 1270. The minimum absolute atomic E-state index is 0.0881. The Labute approximate surface area is 167 Å². The Morgan fingerprint density at radius 2 is 1.62 bits per heavy atom. The number of amides is 1. The van der Waals surface area contributed by atoms with Crippen molar-refractivity contribution in [3.8, 4) is 0 Å². The number of hydrogen-bond acceptors (Lipinski definition) is 6. The van der Waals surface area contributed by atoms with Gasteiger partial charge in [0.05, 0.1) is 11.3 Å². The van der Waals surface area contributed by atoms with Crippen LogP contribution in [-0.4, -0.2) is 24.5 Å². The minimum atomic E-state index is -3.61. The lowest BCUT2D eigenvalue weighted by Crippen LogP contribution is -2.14. The third kappa shape index (κ3) is 4.49. The van der Waals surface area contributed by atoms with Crippen LogP contribution in [0.15, 0.2) is 82.1 Å². The van der Waals surface area contributed by atoms with Crippen molar-refractivity contribution >= 4 is 32.5 Å². The number of anilines is 1. The topological polar surface area (TPSA) is 102 Å². The molecule has 146 valence electrons. The summed E-state index contributed by atoms with van der Waals surface area (Å²) in [7, 11) is -3.61. The zero-order chi connectivity index (χ0) is 20.3. The third-order valence-electron chi connectivity index (χ3n) is 4.31. The lowest BCUT2D eigenvalue weighted by molar-refractivity contribution is -0.115. The molecule has 0 saturated heterocycles. The first-order valence-electron chi connectivity index (χ1n) is 8.87. The standard InChI is InChI=1S/C21H17N3O4S/c25-19(13-15-10-11-16-6-4-5-7-17(16)12-15)22-21-24-23-20(28-21)14-29(26,27)18-8-2-1-3-9-18/h1-12H,13-14H2,(H,22,24,25). The first-order valence-corrected chi connectivity index (χ1v) is 10.5. The largest absolute Gasteiger partial charge is 0.407 e. The van der Waals surface area contributed by atoms with Gasteiger partial charge in [-0.3, -0.25) is 10.1 Å². The van der Waals surface area contributed by atoms with Gasteiger partial charge in [0.15, 0.2) is 9.84 Å². The highest BCUT2D eigenvalue weighted by Gasteiger charge is 2.20. The zero-order valence-corrected chi connectivity index (χ0v) is 16.1. The molecule has 0 fully saturated rings. The third-order valence-corrected chi connectivity index (χ3v) is 5.92. The summed E-state index contributed by atoms with van der Waals surface area (Å²) >= 11 is 0. The van der Waals surface area contributed by atoms with E-state index in [2.05, 4.69) is 15.5 Å². The van der Waals surface area contributed by atoms with Crippen molar-refractivity contribution in [3.63, 3.8) is 0 Å². The predicted molar refractivity (Wildman–Crippen MR) is 108 cm³/mol. The Morgan fingerprint density at radius 3 is 2.41 bits per heavy atom. The molecule has 0 unspecified atom stereocenters. The molecular weight excluding hydrogens is 390 g/mol. The molecule has 4 rings (SSSR count). The molecule has 0 aliphatic rings. The average molecular weight is 407 g/mol. The summed E-state index contributed by atoms with van der Waals surface area (Å²) in [5.74, 6) is -0.860. The zero-order valence-electron chi connectivity index (χ0n) is 15.3. The number of carbonyl (C=O) groups excluding carboxylic acids is 1. The minimum Gasteiger partial charge on any atom is -0.407 e. The number of rotatable bonds is 6. The van der Waals surface area contributed by atoms with Crippen molar-refractivity contribution in [2.45, 2.75) is 17.1 Å². The van der Waals surface area contributed by atoms with Crippen LogP contribution in [0, 0.1) is 0 Å². The maximum Gasteiger partial charge on any atom is 0.322 e. The van der Waals surface area contributed by atoms with Crippen LogP contribution in [0.5, 0.6) is 0 Å². The van der Waals surface area contributed by atoms with E-state index >= 15 is 0 Å². The lowest BCUT2D eigenvalue weighted by Gasteiger charge is -2.03. The van der Waals surface area contributed by atoms with Gasteiger partial charge in [-0.1, -0.05) is 65.8 Å². The molecule has 29 heavy (non-hydrogen) atoms. The molecule has 0 aliphatic carbocycles. The summed E-state index contributed by atoms with van der Waals surface area (Å²) in [6.07, 6.45) is 0.130. The van der Waals surface area contributed by atoms with Crippen LogP contribution in [0.4, 0.5) is 6.01 Å². The number of nitrogens with one attached hydrogen (secondary N) is 1. The molecule has 7 nitrogen and oxygen atoms in total.